The number of hydrogen-bond donors (Lipinski definition) is 5. The molecule has 0 aliphatic heterocycles. The molecule has 0 saturated carbocycles. The van der Waals surface area contributed by atoms with Gasteiger partial charge in [-0.25, -0.2) is 19.2 Å². The van der Waals surface area contributed by atoms with Crippen molar-refractivity contribution in [1.82, 2.24) is 24.7 Å². The summed E-state index contributed by atoms with van der Waals surface area (Å²) in [5.74, 6) is -1.05. The molecule has 4 aromatic rings. The number of amidine groups is 1. The molecule has 0 spiro atoms. The second-order valence-electron chi connectivity index (χ2n) is 7.83. The minimum absolute atomic E-state index is 0.0298. The van der Waals surface area contributed by atoms with Crippen LogP contribution in [0.25, 0.3) is 5.95 Å². The SMILES string of the molecule is CC(=O)O.CCOc1cc(OC)c(F)c(C(Nc2ccc(C(=N)N)cc2)c2nn(-c3ncccn3)c(=O)[nH]2)c1. The fraction of sp³-hybridized carbons (Fsp3) is 0.200. The molecule has 204 valence electrons. The second kappa shape index (κ2) is 12.8. The molecule has 0 amide bonds. The van der Waals surface area contributed by atoms with Crippen LogP contribution < -0.4 is 26.2 Å². The van der Waals surface area contributed by atoms with Gasteiger partial charge in [-0.3, -0.25) is 15.2 Å². The average molecular weight is 539 g/mol. The topological polar surface area (TPSA) is 194 Å². The van der Waals surface area contributed by atoms with Crippen LogP contribution in [0.3, 0.4) is 0 Å². The standard InChI is InChI=1S/C23H23FN8O3.C2H4O2/c1-3-35-15-11-16(18(24)17(12-15)34-2)19(29-14-7-5-13(6-8-14)20(25)26)21-30-23(33)32(31-21)22-27-9-4-10-28-22;1-2(3)4/h4-12,19,29H,3H2,1-2H3,(H3,25,26)(H,30,31,33);1H3,(H,3,4). The first-order chi connectivity index (χ1) is 18.6. The summed E-state index contributed by atoms with van der Waals surface area (Å²) < 4.78 is 27.3. The highest BCUT2D eigenvalue weighted by Gasteiger charge is 2.26. The van der Waals surface area contributed by atoms with Gasteiger partial charge in [-0.15, -0.1) is 9.78 Å². The molecule has 0 fully saturated rings. The number of aromatic amines is 1. The van der Waals surface area contributed by atoms with Gasteiger partial charge in [0.1, 0.15) is 17.6 Å². The molecule has 4 rings (SSSR count). The van der Waals surface area contributed by atoms with E-state index in [0.29, 0.717) is 23.6 Å². The van der Waals surface area contributed by atoms with E-state index in [-0.39, 0.29) is 28.9 Å². The van der Waals surface area contributed by atoms with Crippen molar-refractivity contribution < 1.29 is 23.8 Å². The Morgan fingerprint density at radius 2 is 1.90 bits per heavy atom. The summed E-state index contributed by atoms with van der Waals surface area (Å²) in [7, 11) is 1.35. The number of aliphatic carboxylic acids is 1. The van der Waals surface area contributed by atoms with Gasteiger partial charge in [0.05, 0.1) is 13.7 Å². The fourth-order valence-corrected chi connectivity index (χ4v) is 3.41. The van der Waals surface area contributed by atoms with Crippen molar-refractivity contribution in [2.75, 3.05) is 19.0 Å². The van der Waals surface area contributed by atoms with Crippen LogP contribution in [0.4, 0.5) is 10.1 Å². The maximum absolute atomic E-state index is 15.5. The Labute approximate surface area is 222 Å². The molecule has 0 bridgehead atoms. The van der Waals surface area contributed by atoms with Crippen LogP contribution in [-0.2, 0) is 4.79 Å². The van der Waals surface area contributed by atoms with Crippen LogP contribution in [0, 0.1) is 11.2 Å². The molecule has 6 N–H and O–H groups in total. The van der Waals surface area contributed by atoms with E-state index in [2.05, 4.69) is 25.4 Å². The third-order valence-electron chi connectivity index (χ3n) is 5.04. The molecule has 1 unspecified atom stereocenters. The number of nitrogen functional groups attached to an aromatic ring is 1. The Balaban J connectivity index is 0.000000983. The summed E-state index contributed by atoms with van der Waals surface area (Å²) in [5.41, 5.74) is 6.15. The van der Waals surface area contributed by atoms with E-state index in [4.69, 9.17) is 30.5 Å². The monoisotopic (exact) mass is 538 g/mol. The highest BCUT2D eigenvalue weighted by atomic mass is 19.1. The second-order valence-corrected chi connectivity index (χ2v) is 7.83. The van der Waals surface area contributed by atoms with Crippen LogP contribution >= 0.6 is 0 Å². The number of nitrogens with two attached hydrogens (primary N) is 1. The predicted octanol–water partition coefficient (Wildman–Crippen LogP) is 2.47. The number of ether oxygens (including phenoxy) is 2. The molecular formula is C25H27FN8O5. The van der Waals surface area contributed by atoms with E-state index in [9.17, 15) is 4.79 Å². The van der Waals surface area contributed by atoms with Crippen molar-refractivity contribution in [3.05, 3.63) is 88.1 Å². The minimum Gasteiger partial charge on any atom is -0.494 e. The number of nitrogens with one attached hydrogen (secondary N) is 3. The molecule has 2 heterocycles. The number of anilines is 1. The quantitative estimate of drug-likeness (QED) is 0.156. The molecule has 0 saturated heterocycles. The van der Waals surface area contributed by atoms with Gasteiger partial charge in [0.25, 0.3) is 11.9 Å². The summed E-state index contributed by atoms with van der Waals surface area (Å²) in [4.78, 5) is 32.4. The number of carboxylic acids is 1. The van der Waals surface area contributed by atoms with Crippen molar-refractivity contribution >= 4 is 17.5 Å². The van der Waals surface area contributed by atoms with Gasteiger partial charge in [-0.2, -0.15) is 0 Å². The van der Waals surface area contributed by atoms with Crippen molar-refractivity contribution in [1.29, 1.82) is 5.41 Å². The molecular weight excluding hydrogens is 511 g/mol. The third-order valence-corrected chi connectivity index (χ3v) is 5.04. The first-order valence-corrected chi connectivity index (χ1v) is 11.5. The van der Waals surface area contributed by atoms with Gasteiger partial charge in [0.15, 0.2) is 17.4 Å². The van der Waals surface area contributed by atoms with Gasteiger partial charge in [-0.1, -0.05) is 0 Å². The maximum atomic E-state index is 15.5. The zero-order chi connectivity index (χ0) is 28.5. The van der Waals surface area contributed by atoms with Crippen LogP contribution in [0.1, 0.15) is 36.8 Å². The Morgan fingerprint density at radius 1 is 1.26 bits per heavy atom. The van der Waals surface area contributed by atoms with Crippen molar-refractivity contribution in [2.45, 2.75) is 19.9 Å². The van der Waals surface area contributed by atoms with Crippen LogP contribution in [0.2, 0.25) is 0 Å². The van der Waals surface area contributed by atoms with Crippen LogP contribution in [-0.4, -0.2) is 55.4 Å². The number of methoxy groups -OCH3 is 1. The van der Waals surface area contributed by atoms with E-state index in [1.54, 1.807) is 37.3 Å². The molecule has 0 aliphatic rings. The molecule has 0 aliphatic carbocycles. The summed E-state index contributed by atoms with van der Waals surface area (Å²) in [5, 5.41) is 22.5. The summed E-state index contributed by atoms with van der Waals surface area (Å²) in [6, 6.07) is 10.3. The number of halogens is 1. The van der Waals surface area contributed by atoms with Gasteiger partial charge < -0.3 is 25.6 Å². The highest BCUT2D eigenvalue weighted by molar-refractivity contribution is 5.95. The first kappa shape index (κ1) is 28.3. The van der Waals surface area contributed by atoms with Crippen molar-refractivity contribution in [3.8, 4) is 17.4 Å². The Hall–Kier alpha value is -5.27. The molecule has 2 aromatic heterocycles. The lowest BCUT2D eigenvalue weighted by Gasteiger charge is -2.21. The number of hydrogen-bond acceptors (Lipinski definition) is 9. The number of benzene rings is 2. The largest absolute Gasteiger partial charge is 0.494 e. The van der Waals surface area contributed by atoms with E-state index in [1.165, 1.54) is 31.6 Å². The van der Waals surface area contributed by atoms with Crippen molar-refractivity contribution in [2.24, 2.45) is 5.73 Å². The summed E-state index contributed by atoms with van der Waals surface area (Å²) in [6.07, 6.45) is 2.96. The van der Waals surface area contributed by atoms with Crippen LogP contribution in [0.5, 0.6) is 11.5 Å². The number of aromatic nitrogens is 5. The molecule has 0 radical (unpaired) electrons. The summed E-state index contributed by atoms with van der Waals surface area (Å²) >= 11 is 0. The lowest BCUT2D eigenvalue weighted by Crippen LogP contribution is -2.18. The lowest BCUT2D eigenvalue weighted by molar-refractivity contribution is -0.134. The smallest absolute Gasteiger partial charge is 0.350 e. The first-order valence-electron chi connectivity index (χ1n) is 11.5. The molecule has 13 nitrogen and oxygen atoms in total. The van der Waals surface area contributed by atoms with E-state index < -0.39 is 23.5 Å². The zero-order valence-electron chi connectivity index (χ0n) is 21.3. The van der Waals surface area contributed by atoms with E-state index >= 15 is 4.39 Å². The molecule has 39 heavy (non-hydrogen) atoms. The Kier molecular flexibility index (Phi) is 9.29. The molecule has 1 atom stereocenters. The number of carboxylic acid groups (broad SMARTS) is 1. The van der Waals surface area contributed by atoms with Crippen LogP contribution in [0.15, 0.2) is 59.7 Å². The highest BCUT2D eigenvalue weighted by Crippen LogP contribution is 2.34. The van der Waals surface area contributed by atoms with E-state index in [1.807, 2.05) is 0 Å². The number of rotatable bonds is 9. The normalized spacial score (nSPS) is 11.1. The lowest BCUT2D eigenvalue weighted by atomic mass is 10.0. The minimum atomic E-state index is -0.967. The third kappa shape index (κ3) is 7.15. The van der Waals surface area contributed by atoms with Gasteiger partial charge in [0.2, 0.25) is 0 Å². The fourth-order valence-electron chi connectivity index (χ4n) is 3.41. The number of H-pyrrole nitrogens is 1. The Bertz CT molecular complexity index is 1480. The predicted molar refractivity (Wildman–Crippen MR) is 140 cm³/mol. The molecule has 2 aromatic carbocycles. The number of carbonyl (C=O) groups is 1. The van der Waals surface area contributed by atoms with Crippen molar-refractivity contribution in [3.63, 3.8) is 0 Å². The van der Waals surface area contributed by atoms with Gasteiger partial charge >= 0.3 is 5.69 Å². The average Bonchev–Trinajstić information content (AvgIpc) is 3.30. The Morgan fingerprint density at radius 3 is 2.46 bits per heavy atom. The maximum Gasteiger partial charge on any atom is 0.350 e. The number of nitrogens with zero attached hydrogens (tertiary/aromatic N) is 4. The zero-order valence-corrected chi connectivity index (χ0v) is 21.3. The molecule has 14 heteroatoms. The summed E-state index contributed by atoms with van der Waals surface area (Å²) in [6.45, 7) is 3.25. The van der Waals surface area contributed by atoms with E-state index in [0.717, 1.165) is 11.6 Å². The van der Waals surface area contributed by atoms with Gasteiger partial charge in [-0.05, 0) is 43.3 Å². The van der Waals surface area contributed by atoms with Gasteiger partial charge in [0, 0.05) is 42.2 Å².